The Kier molecular flexibility index (Phi) is 5.32. The molecule has 0 saturated heterocycles. The number of aromatic nitrogens is 2. The van der Waals surface area contributed by atoms with Gasteiger partial charge in [0.2, 0.25) is 0 Å². The highest BCUT2D eigenvalue weighted by Crippen LogP contribution is 2.15. The molecule has 0 aliphatic rings. The van der Waals surface area contributed by atoms with Gasteiger partial charge in [0.1, 0.15) is 17.6 Å². The highest BCUT2D eigenvalue weighted by atomic mass is 35.5. The molecular formula is C15H18ClN3O. The summed E-state index contributed by atoms with van der Waals surface area (Å²) in [5.41, 5.74) is 2.59. The van der Waals surface area contributed by atoms with Crippen molar-refractivity contribution in [2.45, 2.75) is 26.5 Å². The predicted octanol–water partition coefficient (Wildman–Crippen LogP) is 3.45. The van der Waals surface area contributed by atoms with E-state index in [1.807, 2.05) is 6.07 Å². The number of hydrogen-bond acceptors (Lipinski definition) is 4. The van der Waals surface area contributed by atoms with Crippen LogP contribution in [0.2, 0.25) is 5.15 Å². The van der Waals surface area contributed by atoms with Crippen molar-refractivity contribution in [2.75, 3.05) is 12.4 Å². The SMILES string of the molecule is CCc1ccccc1CNc1cc(Cl)nc(COC)n1. The minimum Gasteiger partial charge on any atom is -0.377 e. The first-order valence-corrected chi connectivity index (χ1v) is 6.93. The van der Waals surface area contributed by atoms with Gasteiger partial charge in [-0.15, -0.1) is 0 Å². The summed E-state index contributed by atoms with van der Waals surface area (Å²) in [5.74, 6) is 1.29. The van der Waals surface area contributed by atoms with E-state index >= 15 is 0 Å². The summed E-state index contributed by atoms with van der Waals surface area (Å²) >= 11 is 5.98. The predicted molar refractivity (Wildman–Crippen MR) is 80.9 cm³/mol. The van der Waals surface area contributed by atoms with Crippen molar-refractivity contribution in [3.8, 4) is 0 Å². The number of halogens is 1. The molecule has 0 bridgehead atoms. The number of nitrogens with one attached hydrogen (secondary N) is 1. The van der Waals surface area contributed by atoms with Gasteiger partial charge in [0.15, 0.2) is 5.82 Å². The Labute approximate surface area is 124 Å². The molecule has 0 aliphatic heterocycles. The van der Waals surface area contributed by atoms with Gasteiger partial charge < -0.3 is 10.1 Å². The van der Waals surface area contributed by atoms with Crippen LogP contribution in [-0.4, -0.2) is 17.1 Å². The fourth-order valence-electron chi connectivity index (χ4n) is 2.01. The van der Waals surface area contributed by atoms with Crippen molar-refractivity contribution in [1.29, 1.82) is 0 Å². The zero-order chi connectivity index (χ0) is 14.4. The molecule has 0 fully saturated rings. The minimum absolute atomic E-state index is 0.348. The van der Waals surface area contributed by atoms with Gasteiger partial charge in [-0.1, -0.05) is 42.8 Å². The fraction of sp³-hybridized carbons (Fsp3) is 0.333. The molecule has 20 heavy (non-hydrogen) atoms. The first-order chi connectivity index (χ1) is 9.72. The van der Waals surface area contributed by atoms with E-state index in [1.165, 1.54) is 11.1 Å². The number of benzene rings is 1. The molecule has 1 N–H and O–H groups in total. The monoisotopic (exact) mass is 291 g/mol. The van der Waals surface area contributed by atoms with E-state index in [0.29, 0.717) is 29.9 Å². The van der Waals surface area contributed by atoms with Crippen LogP contribution in [0.4, 0.5) is 5.82 Å². The molecule has 0 amide bonds. The lowest BCUT2D eigenvalue weighted by atomic mass is 10.1. The molecule has 5 heteroatoms. The van der Waals surface area contributed by atoms with Crippen molar-refractivity contribution >= 4 is 17.4 Å². The molecule has 2 aromatic rings. The normalized spacial score (nSPS) is 10.6. The lowest BCUT2D eigenvalue weighted by Gasteiger charge is -2.10. The molecule has 1 aromatic heterocycles. The lowest BCUT2D eigenvalue weighted by Crippen LogP contribution is -2.06. The number of ether oxygens (including phenoxy) is 1. The van der Waals surface area contributed by atoms with Crippen LogP contribution in [0.25, 0.3) is 0 Å². The Morgan fingerprint density at radius 3 is 2.65 bits per heavy atom. The quantitative estimate of drug-likeness (QED) is 0.828. The maximum Gasteiger partial charge on any atom is 0.158 e. The van der Waals surface area contributed by atoms with E-state index in [9.17, 15) is 0 Å². The smallest absolute Gasteiger partial charge is 0.158 e. The Bertz CT molecular complexity index is 575. The molecule has 1 aromatic carbocycles. The molecule has 0 atom stereocenters. The Morgan fingerprint density at radius 2 is 1.95 bits per heavy atom. The van der Waals surface area contributed by atoms with Gasteiger partial charge >= 0.3 is 0 Å². The highest BCUT2D eigenvalue weighted by Gasteiger charge is 2.04. The largest absolute Gasteiger partial charge is 0.377 e. The first kappa shape index (κ1) is 14.8. The average molecular weight is 292 g/mol. The molecule has 0 spiro atoms. The summed E-state index contributed by atoms with van der Waals surface area (Å²) in [6.45, 7) is 3.21. The fourth-order valence-corrected chi connectivity index (χ4v) is 2.21. The lowest BCUT2D eigenvalue weighted by molar-refractivity contribution is 0.178. The number of nitrogens with zero attached hydrogens (tertiary/aromatic N) is 2. The minimum atomic E-state index is 0.348. The van der Waals surface area contributed by atoms with E-state index in [1.54, 1.807) is 13.2 Å². The van der Waals surface area contributed by atoms with Gasteiger partial charge in [0, 0.05) is 19.7 Å². The van der Waals surface area contributed by atoms with Gasteiger partial charge in [-0.3, -0.25) is 0 Å². The molecule has 0 aliphatic carbocycles. The standard InChI is InChI=1S/C15H18ClN3O/c1-3-11-6-4-5-7-12(11)9-17-14-8-13(16)18-15(19-14)10-20-2/h4-8H,3,9-10H2,1-2H3,(H,17,18,19). The maximum atomic E-state index is 5.98. The third kappa shape index (κ3) is 3.92. The number of anilines is 1. The zero-order valence-corrected chi connectivity index (χ0v) is 12.4. The molecular weight excluding hydrogens is 274 g/mol. The van der Waals surface area contributed by atoms with Crippen molar-refractivity contribution in [3.63, 3.8) is 0 Å². The van der Waals surface area contributed by atoms with E-state index in [4.69, 9.17) is 16.3 Å². The Morgan fingerprint density at radius 1 is 1.20 bits per heavy atom. The number of hydrogen-bond donors (Lipinski definition) is 1. The van der Waals surface area contributed by atoms with Crippen LogP contribution in [-0.2, 0) is 24.3 Å². The Hall–Kier alpha value is -1.65. The van der Waals surface area contributed by atoms with E-state index in [-0.39, 0.29) is 0 Å². The zero-order valence-electron chi connectivity index (χ0n) is 11.7. The van der Waals surface area contributed by atoms with Crippen molar-refractivity contribution < 1.29 is 4.74 Å². The van der Waals surface area contributed by atoms with Crippen molar-refractivity contribution in [1.82, 2.24) is 9.97 Å². The van der Waals surface area contributed by atoms with Gasteiger partial charge in [-0.2, -0.15) is 0 Å². The first-order valence-electron chi connectivity index (χ1n) is 6.56. The number of methoxy groups -OCH3 is 1. The summed E-state index contributed by atoms with van der Waals surface area (Å²) in [7, 11) is 1.61. The molecule has 1 heterocycles. The van der Waals surface area contributed by atoms with Crippen LogP contribution in [0.5, 0.6) is 0 Å². The summed E-state index contributed by atoms with van der Waals surface area (Å²) in [5, 5.41) is 3.70. The average Bonchev–Trinajstić information content (AvgIpc) is 2.45. The summed E-state index contributed by atoms with van der Waals surface area (Å²) < 4.78 is 5.03. The van der Waals surface area contributed by atoms with Crippen LogP contribution in [0, 0.1) is 0 Å². The molecule has 106 valence electrons. The van der Waals surface area contributed by atoms with Crippen LogP contribution < -0.4 is 5.32 Å². The summed E-state index contributed by atoms with van der Waals surface area (Å²) in [6.07, 6.45) is 1.01. The third-order valence-electron chi connectivity index (χ3n) is 2.97. The van der Waals surface area contributed by atoms with Gasteiger partial charge in [0.25, 0.3) is 0 Å². The number of aryl methyl sites for hydroxylation is 1. The molecule has 2 rings (SSSR count). The Balaban J connectivity index is 2.10. The van der Waals surface area contributed by atoms with E-state index < -0.39 is 0 Å². The molecule has 0 unspecified atom stereocenters. The second kappa shape index (κ2) is 7.22. The van der Waals surface area contributed by atoms with Crippen LogP contribution in [0.15, 0.2) is 30.3 Å². The van der Waals surface area contributed by atoms with Crippen LogP contribution in [0.1, 0.15) is 23.9 Å². The topological polar surface area (TPSA) is 47.0 Å². The van der Waals surface area contributed by atoms with Gasteiger partial charge in [-0.05, 0) is 17.5 Å². The van der Waals surface area contributed by atoms with Gasteiger partial charge in [-0.25, -0.2) is 9.97 Å². The number of rotatable bonds is 6. The molecule has 0 saturated carbocycles. The second-order valence-electron chi connectivity index (χ2n) is 4.40. The van der Waals surface area contributed by atoms with E-state index in [2.05, 4.69) is 40.4 Å². The van der Waals surface area contributed by atoms with Crippen LogP contribution >= 0.6 is 11.6 Å². The van der Waals surface area contributed by atoms with Crippen LogP contribution in [0.3, 0.4) is 0 Å². The summed E-state index contributed by atoms with van der Waals surface area (Å²) in [4.78, 5) is 8.46. The van der Waals surface area contributed by atoms with E-state index in [0.717, 1.165) is 6.42 Å². The highest BCUT2D eigenvalue weighted by molar-refractivity contribution is 6.29. The van der Waals surface area contributed by atoms with Crippen molar-refractivity contribution in [2.24, 2.45) is 0 Å². The maximum absolute atomic E-state index is 5.98. The second-order valence-corrected chi connectivity index (χ2v) is 4.79. The summed E-state index contributed by atoms with van der Waals surface area (Å²) in [6, 6.07) is 10.1. The molecule has 4 nitrogen and oxygen atoms in total. The third-order valence-corrected chi connectivity index (χ3v) is 3.17. The molecule has 0 radical (unpaired) electrons. The van der Waals surface area contributed by atoms with Gasteiger partial charge in [0.05, 0.1) is 0 Å². The van der Waals surface area contributed by atoms with Crippen molar-refractivity contribution in [3.05, 3.63) is 52.4 Å².